The van der Waals surface area contributed by atoms with E-state index in [1.54, 1.807) is 18.1 Å². The number of anilines is 3. The first-order valence-corrected chi connectivity index (χ1v) is 15.8. The van der Waals surface area contributed by atoms with Crippen LogP contribution in [0.15, 0.2) is 77.7 Å². The summed E-state index contributed by atoms with van der Waals surface area (Å²) in [5.41, 5.74) is 12.2. The average molecular weight is 620 g/mol. The van der Waals surface area contributed by atoms with Crippen molar-refractivity contribution in [1.29, 1.82) is 0 Å². The molecule has 1 saturated heterocycles. The van der Waals surface area contributed by atoms with Gasteiger partial charge in [0.25, 0.3) is 11.5 Å². The van der Waals surface area contributed by atoms with E-state index in [0.717, 1.165) is 18.5 Å². The van der Waals surface area contributed by atoms with E-state index in [-0.39, 0.29) is 41.2 Å². The van der Waals surface area contributed by atoms with Crippen molar-refractivity contribution in [2.45, 2.75) is 44.2 Å². The van der Waals surface area contributed by atoms with Gasteiger partial charge in [0, 0.05) is 62.4 Å². The summed E-state index contributed by atoms with van der Waals surface area (Å²) in [5, 5.41) is 6.20. The molecule has 2 fully saturated rings. The van der Waals surface area contributed by atoms with Crippen LogP contribution in [0.4, 0.5) is 17.2 Å². The van der Waals surface area contributed by atoms with Crippen LogP contribution in [0.5, 0.6) is 0 Å². The Labute approximate surface area is 269 Å². The van der Waals surface area contributed by atoms with Gasteiger partial charge in [0.1, 0.15) is 6.04 Å². The molecule has 238 valence electrons. The molecule has 1 unspecified atom stereocenters. The van der Waals surface area contributed by atoms with Crippen LogP contribution in [-0.4, -0.2) is 58.4 Å². The number of amides is 2. The van der Waals surface area contributed by atoms with Gasteiger partial charge in [-0.2, -0.15) is 0 Å². The summed E-state index contributed by atoms with van der Waals surface area (Å²) in [7, 11) is 5.44. The van der Waals surface area contributed by atoms with Gasteiger partial charge in [-0.3, -0.25) is 19.3 Å². The molecule has 1 aliphatic heterocycles. The quantitative estimate of drug-likeness (QED) is 0.246. The Morgan fingerprint density at radius 2 is 1.70 bits per heavy atom. The Kier molecular flexibility index (Phi) is 8.50. The molecule has 4 N–H and O–H groups in total. The molecular weight excluding hydrogens is 578 g/mol. The van der Waals surface area contributed by atoms with Crippen LogP contribution in [0.1, 0.15) is 59.3 Å². The molecule has 3 aromatic carbocycles. The van der Waals surface area contributed by atoms with Crippen LogP contribution in [0.3, 0.4) is 0 Å². The lowest BCUT2D eigenvalue weighted by Crippen LogP contribution is -2.48. The number of aryl methyl sites for hydroxylation is 1. The number of nitrogens with two attached hydrogens (primary N) is 1. The second-order valence-electron chi connectivity index (χ2n) is 12.5. The van der Waals surface area contributed by atoms with E-state index in [1.165, 1.54) is 23.0 Å². The van der Waals surface area contributed by atoms with Gasteiger partial charge < -0.3 is 25.8 Å². The first-order chi connectivity index (χ1) is 22.1. The normalized spacial score (nSPS) is 17.5. The summed E-state index contributed by atoms with van der Waals surface area (Å²) in [6, 6.07) is 20.6. The maximum absolute atomic E-state index is 13.3. The van der Waals surface area contributed by atoms with Crippen LogP contribution >= 0.6 is 0 Å². The third kappa shape index (κ3) is 5.93. The number of nitrogens with zero attached hydrogens (tertiary/aromatic N) is 4. The molecule has 1 aliphatic carbocycles. The number of carbonyl (C=O) groups excluding carboxylic acids is 2. The largest absolute Gasteiger partial charge is 0.343 e. The summed E-state index contributed by atoms with van der Waals surface area (Å²) in [6.07, 6.45) is 5.16. The minimum atomic E-state index is -0.347. The molecule has 10 nitrogen and oxygen atoms in total. The van der Waals surface area contributed by atoms with Gasteiger partial charge in [0.2, 0.25) is 5.91 Å². The smallest absolute Gasteiger partial charge is 0.293 e. The zero-order valence-electron chi connectivity index (χ0n) is 26.8. The van der Waals surface area contributed by atoms with Gasteiger partial charge in [0.05, 0.1) is 5.69 Å². The number of piperazine rings is 1. The Morgan fingerprint density at radius 3 is 2.35 bits per heavy atom. The molecule has 0 radical (unpaired) electrons. The predicted octanol–water partition coefficient (Wildman–Crippen LogP) is 4.79. The number of hydrogen-bond donors (Lipinski definition) is 3. The number of benzene rings is 3. The molecule has 1 aromatic heterocycles. The molecule has 0 spiro atoms. The fraction of sp³-hybridized carbons (Fsp3) is 0.333. The third-order valence-electron chi connectivity index (χ3n) is 9.59. The number of rotatable bonds is 9. The average Bonchev–Trinajstić information content (AvgIpc) is 3.87. The van der Waals surface area contributed by atoms with Crippen molar-refractivity contribution >= 4 is 29.0 Å². The van der Waals surface area contributed by atoms with Gasteiger partial charge in [-0.15, -0.1) is 0 Å². The predicted molar refractivity (Wildman–Crippen MR) is 181 cm³/mol. The van der Waals surface area contributed by atoms with E-state index in [9.17, 15) is 14.4 Å². The first-order valence-electron chi connectivity index (χ1n) is 15.8. The Morgan fingerprint density at radius 1 is 0.978 bits per heavy atom. The highest BCUT2D eigenvalue weighted by molar-refractivity contribution is 6.05. The number of hydrogen-bond acceptors (Lipinski definition) is 7. The summed E-state index contributed by atoms with van der Waals surface area (Å²) >= 11 is 0. The molecule has 1 atom stereocenters. The number of nitrogens with one attached hydrogen (secondary N) is 2. The second-order valence-corrected chi connectivity index (χ2v) is 12.5. The molecule has 2 amide bonds. The topological polar surface area (TPSA) is 126 Å². The molecule has 2 aliphatic rings. The highest BCUT2D eigenvalue weighted by atomic mass is 16.2. The van der Waals surface area contributed by atoms with E-state index in [0.29, 0.717) is 40.3 Å². The number of carbonyl (C=O) groups is 2. The summed E-state index contributed by atoms with van der Waals surface area (Å²) in [5.74, 6) is -0.00807. The van der Waals surface area contributed by atoms with Gasteiger partial charge in [0.15, 0.2) is 5.82 Å². The van der Waals surface area contributed by atoms with E-state index >= 15 is 0 Å². The third-order valence-corrected chi connectivity index (χ3v) is 9.59. The standard InChI is InChI=1S/C36H41N7O3/c1-5-36(17-18-36)25-13-9-24(10-14-25)33(44)40-29-8-6-7-27(28(29)21-37)30-22-43(4)35(46)32(39-30)38-26-15-11-23(12-16-26)31-34(45)42(3)20-19-41(31)2/h6-16,22,31H,5,17-21,37H2,1-4H3,(H,38,39)(H,40,44). The molecule has 10 heteroatoms. The SMILES string of the molecule is CCC1(c2ccc(C(=O)Nc3cccc(-c4cn(C)c(=O)c(Nc5ccc(C6C(=O)N(C)CCN6C)cc5)n4)c3CN)cc2)CC1. The fourth-order valence-corrected chi connectivity index (χ4v) is 6.37. The molecule has 46 heavy (non-hydrogen) atoms. The zero-order chi connectivity index (χ0) is 32.6. The van der Waals surface area contributed by atoms with E-state index in [1.807, 2.05) is 73.6 Å². The van der Waals surface area contributed by atoms with Crippen molar-refractivity contribution in [2.75, 3.05) is 37.8 Å². The molecular formula is C36H41N7O3. The van der Waals surface area contributed by atoms with Crippen molar-refractivity contribution in [1.82, 2.24) is 19.4 Å². The van der Waals surface area contributed by atoms with Crippen LogP contribution in [-0.2, 0) is 23.8 Å². The molecule has 6 rings (SSSR count). The van der Waals surface area contributed by atoms with Crippen LogP contribution < -0.4 is 21.9 Å². The van der Waals surface area contributed by atoms with Crippen molar-refractivity contribution in [3.63, 3.8) is 0 Å². The molecule has 4 aromatic rings. The van der Waals surface area contributed by atoms with Gasteiger partial charge >= 0.3 is 0 Å². The fourth-order valence-electron chi connectivity index (χ4n) is 6.37. The lowest BCUT2D eigenvalue weighted by atomic mass is 9.92. The van der Waals surface area contributed by atoms with Crippen LogP contribution in [0.2, 0.25) is 0 Å². The highest BCUT2D eigenvalue weighted by Crippen LogP contribution is 2.50. The van der Waals surface area contributed by atoms with Gasteiger partial charge in [-0.05, 0) is 78.7 Å². The molecule has 2 heterocycles. The van der Waals surface area contributed by atoms with Crippen molar-refractivity contribution in [2.24, 2.45) is 12.8 Å². The van der Waals surface area contributed by atoms with Gasteiger partial charge in [-0.1, -0.05) is 43.3 Å². The lowest BCUT2D eigenvalue weighted by Gasteiger charge is -2.37. The molecule has 1 saturated carbocycles. The molecule has 0 bridgehead atoms. The van der Waals surface area contributed by atoms with Gasteiger partial charge in [-0.25, -0.2) is 4.98 Å². The van der Waals surface area contributed by atoms with E-state index in [2.05, 4.69) is 29.7 Å². The van der Waals surface area contributed by atoms with Crippen molar-refractivity contribution < 1.29 is 9.59 Å². The Balaban J connectivity index is 1.24. The van der Waals surface area contributed by atoms with Crippen molar-refractivity contribution in [3.8, 4) is 11.3 Å². The maximum Gasteiger partial charge on any atom is 0.293 e. The number of likely N-dealkylation sites (N-methyl/N-ethyl adjacent to an activating group) is 2. The van der Waals surface area contributed by atoms with Crippen LogP contribution in [0.25, 0.3) is 11.3 Å². The minimum absolute atomic E-state index is 0.0585. The maximum atomic E-state index is 13.3. The monoisotopic (exact) mass is 619 g/mol. The summed E-state index contributed by atoms with van der Waals surface area (Å²) in [6.45, 7) is 3.86. The van der Waals surface area contributed by atoms with E-state index in [4.69, 9.17) is 10.7 Å². The first kappa shape index (κ1) is 31.2. The summed E-state index contributed by atoms with van der Waals surface area (Å²) in [4.78, 5) is 47.7. The Bertz CT molecular complexity index is 1830. The van der Waals surface area contributed by atoms with E-state index < -0.39 is 0 Å². The van der Waals surface area contributed by atoms with Crippen molar-refractivity contribution in [3.05, 3.63) is 106 Å². The minimum Gasteiger partial charge on any atom is -0.343 e. The van der Waals surface area contributed by atoms with Crippen LogP contribution in [0, 0.1) is 0 Å². The second kappa shape index (κ2) is 12.5. The highest BCUT2D eigenvalue weighted by Gasteiger charge is 2.42. The Hall–Kier alpha value is -4.80. The zero-order valence-corrected chi connectivity index (χ0v) is 26.8. The lowest BCUT2D eigenvalue weighted by molar-refractivity contribution is -0.139. The number of aromatic nitrogens is 2. The summed E-state index contributed by atoms with van der Waals surface area (Å²) < 4.78 is 1.47.